The molecule has 96 valence electrons. The highest BCUT2D eigenvalue weighted by atomic mass is 32.2. The fourth-order valence-electron chi connectivity index (χ4n) is 1.09. The van der Waals surface area contributed by atoms with Gasteiger partial charge in [0, 0.05) is 11.4 Å². The van der Waals surface area contributed by atoms with Crippen LogP contribution in [0.2, 0.25) is 0 Å². The molecule has 8 heteroatoms. The zero-order valence-electron chi connectivity index (χ0n) is 8.99. The maximum atomic E-state index is 12.3. The van der Waals surface area contributed by atoms with Gasteiger partial charge in [-0.2, -0.15) is 18.3 Å². The van der Waals surface area contributed by atoms with E-state index in [4.69, 9.17) is 5.11 Å². The highest BCUT2D eigenvalue weighted by Crippen LogP contribution is 2.28. The van der Waals surface area contributed by atoms with Crippen molar-refractivity contribution in [3.63, 3.8) is 0 Å². The van der Waals surface area contributed by atoms with E-state index in [0.717, 1.165) is 6.07 Å². The largest absolute Gasteiger partial charge is 0.481 e. The molecular weight excluding hydrogens is 257 g/mol. The first kappa shape index (κ1) is 13.9. The summed E-state index contributed by atoms with van der Waals surface area (Å²) in [5.41, 5.74) is -0.519. The van der Waals surface area contributed by atoms with Crippen LogP contribution in [-0.2, 0) is 16.8 Å². The normalized spacial score (nSPS) is 11.8. The van der Waals surface area contributed by atoms with Gasteiger partial charge in [-0.05, 0) is 13.0 Å². The van der Waals surface area contributed by atoms with E-state index in [9.17, 15) is 18.0 Å². The topological polar surface area (TPSA) is 55.1 Å². The van der Waals surface area contributed by atoms with Gasteiger partial charge in [-0.15, -0.1) is 11.8 Å². The maximum absolute atomic E-state index is 12.3. The van der Waals surface area contributed by atoms with Gasteiger partial charge in [0.15, 0.2) is 5.69 Å². The summed E-state index contributed by atoms with van der Waals surface area (Å²) in [4.78, 5) is 10.2. The molecule has 0 aromatic carbocycles. The molecule has 0 aliphatic rings. The number of carbonyl (C=O) groups is 1. The lowest BCUT2D eigenvalue weighted by molar-refractivity contribution is -0.141. The molecule has 0 unspecified atom stereocenters. The average molecular weight is 268 g/mol. The fourth-order valence-corrected chi connectivity index (χ4v) is 1.97. The number of nitrogens with zero attached hydrogens (tertiary/aromatic N) is 2. The second-order valence-corrected chi connectivity index (χ2v) is 4.42. The van der Waals surface area contributed by atoms with Crippen LogP contribution in [0.3, 0.4) is 0 Å². The number of thioether (sulfide) groups is 1. The SMILES string of the molecule is Cc1cc(C(F)(F)F)nn1CSCCC(=O)O. The number of carboxylic acids is 1. The predicted octanol–water partition coefficient (Wildman–Crippen LogP) is 2.38. The van der Waals surface area contributed by atoms with E-state index in [1.54, 1.807) is 0 Å². The molecule has 0 aliphatic heterocycles. The Bertz CT molecular complexity index is 403. The monoisotopic (exact) mass is 268 g/mol. The Balaban J connectivity index is 2.54. The molecule has 1 heterocycles. The van der Waals surface area contributed by atoms with Gasteiger partial charge in [0.05, 0.1) is 12.3 Å². The number of aliphatic carboxylic acids is 1. The summed E-state index contributed by atoms with van der Waals surface area (Å²) in [5.74, 6) is -0.365. The molecule has 1 aromatic rings. The second kappa shape index (κ2) is 5.44. The maximum Gasteiger partial charge on any atom is 0.435 e. The van der Waals surface area contributed by atoms with E-state index >= 15 is 0 Å². The second-order valence-electron chi connectivity index (χ2n) is 3.35. The summed E-state index contributed by atoms with van der Waals surface area (Å²) in [5, 5.41) is 11.8. The molecule has 0 fully saturated rings. The van der Waals surface area contributed by atoms with Crippen LogP contribution >= 0.6 is 11.8 Å². The van der Waals surface area contributed by atoms with E-state index in [2.05, 4.69) is 5.10 Å². The van der Waals surface area contributed by atoms with Crippen LogP contribution in [0.15, 0.2) is 6.07 Å². The minimum absolute atomic E-state index is 0.0168. The first-order valence-corrected chi connectivity index (χ1v) is 5.87. The lowest BCUT2D eigenvalue weighted by atomic mass is 10.4. The lowest BCUT2D eigenvalue weighted by Crippen LogP contribution is -2.08. The molecule has 0 bridgehead atoms. The lowest BCUT2D eigenvalue weighted by Gasteiger charge is -2.03. The molecule has 0 aliphatic carbocycles. The highest BCUT2D eigenvalue weighted by Gasteiger charge is 2.34. The molecule has 0 radical (unpaired) electrons. The summed E-state index contributed by atoms with van der Waals surface area (Å²) in [6.07, 6.45) is -4.46. The van der Waals surface area contributed by atoms with Crippen LogP contribution in [0.1, 0.15) is 17.8 Å². The average Bonchev–Trinajstić information content (AvgIpc) is 2.54. The number of halogens is 3. The van der Waals surface area contributed by atoms with Gasteiger partial charge in [-0.3, -0.25) is 9.48 Å². The van der Waals surface area contributed by atoms with Crippen molar-refractivity contribution < 1.29 is 23.1 Å². The van der Waals surface area contributed by atoms with Gasteiger partial charge in [0.25, 0.3) is 0 Å². The Hall–Kier alpha value is -1.18. The Kier molecular flexibility index (Phi) is 4.44. The van der Waals surface area contributed by atoms with Gasteiger partial charge in [-0.25, -0.2) is 0 Å². The smallest absolute Gasteiger partial charge is 0.435 e. The van der Waals surface area contributed by atoms with Crippen LogP contribution in [0, 0.1) is 6.92 Å². The third-order valence-electron chi connectivity index (χ3n) is 1.95. The van der Waals surface area contributed by atoms with Crippen LogP contribution in [-0.4, -0.2) is 26.6 Å². The van der Waals surface area contributed by atoms with E-state index in [-0.39, 0.29) is 12.3 Å². The van der Waals surface area contributed by atoms with Gasteiger partial charge in [0.2, 0.25) is 0 Å². The van der Waals surface area contributed by atoms with Crippen molar-refractivity contribution in [2.75, 3.05) is 5.75 Å². The minimum atomic E-state index is -4.44. The van der Waals surface area contributed by atoms with E-state index < -0.39 is 17.8 Å². The van der Waals surface area contributed by atoms with Gasteiger partial charge in [0.1, 0.15) is 0 Å². The van der Waals surface area contributed by atoms with Gasteiger partial charge in [-0.1, -0.05) is 0 Å². The fraction of sp³-hybridized carbons (Fsp3) is 0.556. The predicted molar refractivity (Wildman–Crippen MR) is 56.7 cm³/mol. The third kappa shape index (κ3) is 4.29. The number of aromatic nitrogens is 2. The number of aryl methyl sites for hydroxylation is 1. The Labute approximate surface area is 99.8 Å². The zero-order valence-corrected chi connectivity index (χ0v) is 9.81. The van der Waals surface area contributed by atoms with Crippen molar-refractivity contribution in [1.29, 1.82) is 0 Å². The zero-order chi connectivity index (χ0) is 13.1. The number of carboxylic acid groups (broad SMARTS) is 1. The number of hydrogen-bond donors (Lipinski definition) is 1. The third-order valence-corrected chi connectivity index (χ3v) is 2.87. The van der Waals surface area contributed by atoms with E-state index in [1.165, 1.54) is 23.4 Å². The summed E-state index contributed by atoms with van der Waals surface area (Å²) in [7, 11) is 0. The first-order chi connectivity index (χ1) is 7.80. The Morgan fingerprint density at radius 2 is 2.24 bits per heavy atom. The van der Waals surface area contributed by atoms with E-state index in [1.807, 2.05) is 0 Å². The van der Waals surface area contributed by atoms with Crippen molar-refractivity contribution in [2.45, 2.75) is 25.4 Å². The highest BCUT2D eigenvalue weighted by molar-refractivity contribution is 7.98. The van der Waals surface area contributed by atoms with Crippen molar-refractivity contribution in [3.05, 3.63) is 17.5 Å². The van der Waals surface area contributed by atoms with E-state index in [0.29, 0.717) is 11.4 Å². The molecule has 1 rings (SSSR count). The van der Waals surface area contributed by atoms with Crippen molar-refractivity contribution in [2.24, 2.45) is 0 Å². The van der Waals surface area contributed by atoms with Crippen LogP contribution in [0.5, 0.6) is 0 Å². The number of alkyl halides is 3. The summed E-state index contributed by atoms with van der Waals surface area (Å²) < 4.78 is 38.2. The minimum Gasteiger partial charge on any atom is -0.481 e. The number of rotatable bonds is 5. The van der Waals surface area contributed by atoms with Crippen LogP contribution in [0.25, 0.3) is 0 Å². The molecule has 0 saturated carbocycles. The first-order valence-electron chi connectivity index (χ1n) is 4.72. The van der Waals surface area contributed by atoms with Crippen molar-refractivity contribution >= 4 is 17.7 Å². The Morgan fingerprint density at radius 1 is 1.59 bits per heavy atom. The molecule has 17 heavy (non-hydrogen) atoms. The standard InChI is InChI=1S/C9H11F3N2O2S/c1-6-4-7(9(10,11)12)13-14(6)5-17-3-2-8(15)16/h4H,2-3,5H2,1H3,(H,15,16). The summed E-state index contributed by atoms with van der Waals surface area (Å²) >= 11 is 1.23. The molecule has 0 amide bonds. The van der Waals surface area contributed by atoms with Crippen LogP contribution in [0.4, 0.5) is 13.2 Å². The van der Waals surface area contributed by atoms with Crippen molar-refractivity contribution in [1.82, 2.24) is 9.78 Å². The molecule has 0 spiro atoms. The molecule has 1 N–H and O–H groups in total. The van der Waals surface area contributed by atoms with Gasteiger partial charge < -0.3 is 5.11 Å². The molecule has 0 saturated heterocycles. The molecule has 0 atom stereocenters. The molecular formula is C9H11F3N2O2S. The number of hydrogen-bond acceptors (Lipinski definition) is 3. The summed E-state index contributed by atoms with van der Waals surface area (Å²) in [6.45, 7) is 1.53. The van der Waals surface area contributed by atoms with Gasteiger partial charge >= 0.3 is 12.1 Å². The van der Waals surface area contributed by atoms with Crippen molar-refractivity contribution in [3.8, 4) is 0 Å². The molecule has 1 aromatic heterocycles. The molecule has 4 nitrogen and oxygen atoms in total. The van der Waals surface area contributed by atoms with Crippen LogP contribution < -0.4 is 0 Å². The Morgan fingerprint density at radius 3 is 2.71 bits per heavy atom. The quantitative estimate of drug-likeness (QED) is 0.833. The summed E-state index contributed by atoms with van der Waals surface area (Å²) in [6, 6.07) is 0.970.